The van der Waals surface area contributed by atoms with Gasteiger partial charge in [-0.2, -0.15) is 0 Å². The molecule has 0 saturated heterocycles. The Morgan fingerprint density at radius 1 is 1.24 bits per heavy atom. The van der Waals surface area contributed by atoms with Gasteiger partial charge in [-0.15, -0.1) is 0 Å². The van der Waals surface area contributed by atoms with E-state index in [9.17, 15) is 9.18 Å². The maximum absolute atomic E-state index is 13.8. The van der Waals surface area contributed by atoms with E-state index in [4.69, 9.17) is 9.84 Å². The summed E-state index contributed by atoms with van der Waals surface area (Å²) in [6.07, 6.45) is 1.05. The van der Waals surface area contributed by atoms with Crippen LogP contribution in [0.1, 0.15) is 42.1 Å². The summed E-state index contributed by atoms with van der Waals surface area (Å²) in [4.78, 5) is 10.7. The molecule has 0 aliphatic carbocycles. The quantitative estimate of drug-likeness (QED) is 0.857. The fourth-order valence-electron chi connectivity index (χ4n) is 1.94. The topological polar surface area (TPSA) is 46.5 Å². The fourth-order valence-corrected chi connectivity index (χ4v) is 1.94. The van der Waals surface area contributed by atoms with E-state index in [0.717, 1.165) is 12.5 Å². The van der Waals surface area contributed by atoms with Gasteiger partial charge in [-0.3, -0.25) is 0 Å². The van der Waals surface area contributed by atoms with Crippen LogP contribution in [-0.2, 0) is 0 Å². The number of hydrogen-bond acceptors (Lipinski definition) is 2. The molecule has 0 bridgehead atoms. The van der Waals surface area contributed by atoms with Crippen LogP contribution in [0.3, 0.4) is 0 Å². The molecule has 3 nitrogen and oxygen atoms in total. The van der Waals surface area contributed by atoms with Gasteiger partial charge in [-0.1, -0.05) is 26.0 Å². The summed E-state index contributed by atoms with van der Waals surface area (Å²) in [6.45, 7) is 4.26. The van der Waals surface area contributed by atoms with Gasteiger partial charge in [0.25, 0.3) is 0 Å². The summed E-state index contributed by atoms with van der Waals surface area (Å²) in [6, 6.07) is 11.1. The number of halogens is 1. The number of ether oxygens (including phenoxy) is 1. The second-order valence-corrected chi connectivity index (χ2v) is 4.93. The van der Waals surface area contributed by atoms with Gasteiger partial charge in [0.15, 0.2) is 11.6 Å². The molecule has 1 atom stereocenters. The molecule has 2 rings (SSSR count). The van der Waals surface area contributed by atoms with E-state index in [1.807, 2.05) is 12.1 Å². The van der Waals surface area contributed by atoms with E-state index in [0.29, 0.717) is 11.7 Å². The summed E-state index contributed by atoms with van der Waals surface area (Å²) in [7, 11) is 0. The van der Waals surface area contributed by atoms with E-state index >= 15 is 0 Å². The zero-order valence-corrected chi connectivity index (χ0v) is 12.0. The Kier molecular flexibility index (Phi) is 4.58. The van der Waals surface area contributed by atoms with Gasteiger partial charge in [-0.05, 0) is 48.2 Å². The van der Waals surface area contributed by atoms with Crippen LogP contribution >= 0.6 is 0 Å². The third-order valence-corrected chi connectivity index (χ3v) is 3.47. The van der Waals surface area contributed by atoms with E-state index < -0.39 is 11.8 Å². The number of hydrogen-bond donors (Lipinski definition) is 1. The molecule has 0 amide bonds. The summed E-state index contributed by atoms with van der Waals surface area (Å²) in [5.74, 6) is -0.870. The molecule has 0 aromatic heterocycles. The van der Waals surface area contributed by atoms with E-state index in [2.05, 4.69) is 13.8 Å². The molecule has 0 spiro atoms. The molecule has 1 N–H and O–H groups in total. The third kappa shape index (κ3) is 3.60. The molecule has 110 valence electrons. The Morgan fingerprint density at radius 3 is 2.43 bits per heavy atom. The summed E-state index contributed by atoms with van der Waals surface area (Å²) >= 11 is 0. The van der Waals surface area contributed by atoms with Gasteiger partial charge in [0.05, 0.1) is 5.56 Å². The first-order valence-electron chi connectivity index (χ1n) is 6.82. The molecule has 0 saturated carbocycles. The van der Waals surface area contributed by atoms with Crippen molar-refractivity contribution in [2.24, 2.45) is 0 Å². The van der Waals surface area contributed by atoms with Crippen molar-refractivity contribution in [2.75, 3.05) is 0 Å². The summed E-state index contributed by atoms with van der Waals surface area (Å²) < 4.78 is 19.2. The minimum Gasteiger partial charge on any atom is -0.478 e. The molecule has 0 radical (unpaired) electrons. The van der Waals surface area contributed by atoms with Gasteiger partial charge in [0.1, 0.15) is 5.75 Å². The highest BCUT2D eigenvalue weighted by molar-refractivity contribution is 5.87. The molecule has 0 heterocycles. The lowest BCUT2D eigenvalue weighted by atomic mass is 9.99. The number of carbonyl (C=O) groups is 1. The lowest BCUT2D eigenvalue weighted by molar-refractivity contribution is 0.0696. The Hall–Kier alpha value is -2.36. The monoisotopic (exact) mass is 288 g/mol. The number of carboxylic acid groups (broad SMARTS) is 1. The Balaban J connectivity index is 2.16. The molecule has 2 aromatic carbocycles. The van der Waals surface area contributed by atoms with E-state index in [-0.39, 0.29) is 11.3 Å². The lowest BCUT2D eigenvalue weighted by Crippen LogP contribution is -1.98. The number of carboxylic acids is 1. The zero-order chi connectivity index (χ0) is 15.4. The van der Waals surface area contributed by atoms with Crippen LogP contribution < -0.4 is 4.74 Å². The highest BCUT2D eigenvalue weighted by atomic mass is 19.1. The number of benzene rings is 2. The normalized spacial score (nSPS) is 12.0. The highest BCUT2D eigenvalue weighted by Gasteiger charge is 2.10. The molecule has 0 aliphatic heterocycles. The summed E-state index contributed by atoms with van der Waals surface area (Å²) in [5.41, 5.74) is 1.10. The average Bonchev–Trinajstić information content (AvgIpc) is 2.49. The van der Waals surface area contributed by atoms with Crippen molar-refractivity contribution in [3.8, 4) is 11.5 Å². The van der Waals surface area contributed by atoms with Crippen molar-refractivity contribution in [2.45, 2.75) is 26.2 Å². The maximum Gasteiger partial charge on any atom is 0.335 e. The smallest absolute Gasteiger partial charge is 0.335 e. The molecular weight excluding hydrogens is 271 g/mol. The van der Waals surface area contributed by atoms with Gasteiger partial charge in [0, 0.05) is 0 Å². The second-order valence-electron chi connectivity index (χ2n) is 4.93. The molecule has 21 heavy (non-hydrogen) atoms. The number of rotatable bonds is 5. The highest BCUT2D eigenvalue weighted by Crippen LogP contribution is 2.27. The van der Waals surface area contributed by atoms with Crippen LogP contribution in [-0.4, -0.2) is 11.1 Å². The molecule has 0 fully saturated rings. The average molecular weight is 288 g/mol. The molecular formula is C17H17FO3. The van der Waals surface area contributed by atoms with Gasteiger partial charge < -0.3 is 9.84 Å². The predicted molar refractivity (Wildman–Crippen MR) is 78.6 cm³/mol. The minimum atomic E-state index is -1.17. The molecule has 0 aliphatic rings. The van der Waals surface area contributed by atoms with Crippen molar-refractivity contribution >= 4 is 5.97 Å². The largest absolute Gasteiger partial charge is 0.478 e. The predicted octanol–water partition coefficient (Wildman–Crippen LogP) is 4.83. The molecule has 2 aromatic rings. The minimum absolute atomic E-state index is 0.0105. The van der Waals surface area contributed by atoms with Crippen molar-refractivity contribution in [3.63, 3.8) is 0 Å². The van der Waals surface area contributed by atoms with Crippen LogP contribution in [0, 0.1) is 5.82 Å². The Labute approximate surface area is 123 Å². The van der Waals surface area contributed by atoms with Crippen molar-refractivity contribution < 1.29 is 19.0 Å². The van der Waals surface area contributed by atoms with Crippen LogP contribution in [0.25, 0.3) is 0 Å². The van der Waals surface area contributed by atoms with E-state index in [1.54, 1.807) is 12.1 Å². The van der Waals surface area contributed by atoms with Gasteiger partial charge in [-0.25, -0.2) is 9.18 Å². The van der Waals surface area contributed by atoms with Gasteiger partial charge in [0.2, 0.25) is 0 Å². The first-order chi connectivity index (χ1) is 10.0. The first-order valence-corrected chi connectivity index (χ1v) is 6.82. The zero-order valence-electron chi connectivity index (χ0n) is 12.0. The van der Waals surface area contributed by atoms with E-state index in [1.165, 1.54) is 17.7 Å². The summed E-state index contributed by atoms with van der Waals surface area (Å²) in [5, 5.41) is 8.79. The van der Waals surface area contributed by atoms with Crippen LogP contribution in [0.2, 0.25) is 0 Å². The molecule has 4 heteroatoms. The third-order valence-electron chi connectivity index (χ3n) is 3.47. The van der Waals surface area contributed by atoms with Gasteiger partial charge >= 0.3 is 5.97 Å². The SMILES string of the molecule is CCC(C)c1ccc(Oc2ccc(C(=O)O)cc2F)cc1. The fraction of sp³-hybridized carbons (Fsp3) is 0.235. The standard InChI is InChI=1S/C17H17FO3/c1-3-11(2)12-4-7-14(8-5-12)21-16-9-6-13(17(19)20)10-15(16)18/h4-11H,3H2,1-2H3,(H,19,20). The van der Waals surface area contributed by atoms with Crippen LogP contribution in [0.15, 0.2) is 42.5 Å². The molecule has 1 unspecified atom stereocenters. The number of aromatic carboxylic acids is 1. The second kappa shape index (κ2) is 6.39. The maximum atomic E-state index is 13.8. The van der Waals surface area contributed by atoms with Crippen molar-refractivity contribution in [1.82, 2.24) is 0 Å². The van der Waals surface area contributed by atoms with Crippen LogP contribution in [0.4, 0.5) is 4.39 Å². The Morgan fingerprint density at radius 2 is 1.90 bits per heavy atom. The first kappa shape index (κ1) is 15.0. The van der Waals surface area contributed by atoms with Crippen molar-refractivity contribution in [3.05, 3.63) is 59.4 Å². The Bertz CT molecular complexity index is 635. The van der Waals surface area contributed by atoms with Crippen molar-refractivity contribution in [1.29, 1.82) is 0 Å². The lowest BCUT2D eigenvalue weighted by Gasteiger charge is -2.11. The van der Waals surface area contributed by atoms with Crippen LogP contribution in [0.5, 0.6) is 11.5 Å².